The summed E-state index contributed by atoms with van der Waals surface area (Å²) in [6.07, 6.45) is 0.498. The van der Waals surface area contributed by atoms with Crippen molar-refractivity contribution in [1.82, 2.24) is 9.97 Å². The highest BCUT2D eigenvalue weighted by Gasteiger charge is 2.17. The zero-order valence-corrected chi connectivity index (χ0v) is 9.08. The van der Waals surface area contributed by atoms with Crippen LogP contribution in [0.2, 0.25) is 5.28 Å². The predicted molar refractivity (Wildman–Crippen MR) is 55.7 cm³/mol. The molecule has 0 saturated carbocycles. The number of rotatable bonds is 0. The number of aryl methyl sites for hydroxylation is 1. The first-order valence-electron chi connectivity index (χ1n) is 4.13. The van der Waals surface area contributed by atoms with Gasteiger partial charge in [0.25, 0.3) is 0 Å². The number of nitrogens with zero attached hydrogens (tertiary/aromatic N) is 2. The average molecular weight is 230 g/mol. The Balaban J connectivity index is 2.50. The minimum Gasteiger partial charge on any atom is -0.322 e. The molecule has 0 radical (unpaired) electrons. The van der Waals surface area contributed by atoms with Gasteiger partial charge < -0.3 is 5.32 Å². The van der Waals surface area contributed by atoms with Crippen molar-refractivity contribution in [3.05, 3.63) is 11.0 Å². The Bertz CT molecular complexity index is 396. The summed E-state index contributed by atoms with van der Waals surface area (Å²) in [6, 6.07) is 0. The fraction of sp³-hybridized carbons (Fsp3) is 0.375. The molecule has 0 atom stereocenters. The SMILES string of the molecule is Cc1nc(Cl)nc2c1NC(=O)CCS2. The second-order valence-electron chi connectivity index (χ2n) is 2.90. The van der Waals surface area contributed by atoms with E-state index in [1.807, 2.05) is 0 Å². The van der Waals surface area contributed by atoms with Gasteiger partial charge in [-0.05, 0) is 18.5 Å². The van der Waals surface area contributed by atoms with Gasteiger partial charge in [0, 0.05) is 12.2 Å². The van der Waals surface area contributed by atoms with Crippen LogP contribution in [0.25, 0.3) is 0 Å². The van der Waals surface area contributed by atoms with Gasteiger partial charge in [0.05, 0.1) is 11.4 Å². The van der Waals surface area contributed by atoms with E-state index in [-0.39, 0.29) is 11.2 Å². The fourth-order valence-electron chi connectivity index (χ4n) is 1.20. The number of nitrogens with one attached hydrogen (secondary N) is 1. The van der Waals surface area contributed by atoms with E-state index in [0.717, 1.165) is 10.8 Å². The largest absolute Gasteiger partial charge is 0.322 e. The summed E-state index contributed by atoms with van der Waals surface area (Å²) < 4.78 is 0. The summed E-state index contributed by atoms with van der Waals surface area (Å²) in [5.74, 6) is 0.733. The van der Waals surface area contributed by atoms with Crippen LogP contribution in [0, 0.1) is 6.92 Å². The maximum absolute atomic E-state index is 11.3. The molecule has 1 aliphatic heterocycles. The Kier molecular flexibility index (Phi) is 2.60. The summed E-state index contributed by atoms with van der Waals surface area (Å²) in [5, 5.41) is 3.76. The number of anilines is 1. The van der Waals surface area contributed by atoms with Gasteiger partial charge in [-0.1, -0.05) is 0 Å². The van der Waals surface area contributed by atoms with Crippen molar-refractivity contribution >= 4 is 35.0 Å². The van der Waals surface area contributed by atoms with Crippen molar-refractivity contribution in [1.29, 1.82) is 0 Å². The molecule has 6 heteroatoms. The van der Waals surface area contributed by atoms with Crippen LogP contribution in [0.4, 0.5) is 5.69 Å². The van der Waals surface area contributed by atoms with Gasteiger partial charge in [0.15, 0.2) is 0 Å². The molecule has 0 aromatic carbocycles. The minimum absolute atomic E-state index is 0.00488. The summed E-state index contributed by atoms with van der Waals surface area (Å²) in [6.45, 7) is 1.80. The highest BCUT2D eigenvalue weighted by atomic mass is 35.5. The van der Waals surface area contributed by atoms with Crippen LogP contribution in [0.3, 0.4) is 0 Å². The van der Waals surface area contributed by atoms with Crippen LogP contribution < -0.4 is 5.32 Å². The fourth-order valence-corrected chi connectivity index (χ4v) is 2.44. The Morgan fingerprint density at radius 1 is 1.50 bits per heavy atom. The quantitative estimate of drug-likeness (QED) is 0.545. The van der Waals surface area contributed by atoms with Crippen molar-refractivity contribution < 1.29 is 4.79 Å². The number of amides is 1. The third kappa shape index (κ3) is 1.83. The number of thioether (sulfide) groups is 1. The van der Waals surface area contributed by atoms with E-state index in [0.29, 0.717) is 17.8 Å². The summed E-state index contributed by atoms with van der Waals surface area (Å²) in [7, 11) is 0. The third-order valence-corrected chi connectivity index (χ3v) is 3.01. The van der Waals surface area contributed by atoms with E-state index >= 15 is 0 Å². The highest BCUT2D eigenvalue weighted by molar-refractivity contribution is 7.99. The second kappa shape index (κ2) is 3.74. The monoisotopic (exact) mass is 229 g/mol. The van der Waals surface area contributed by atoms with Crippen LogP contribution in [-0.2, 0) is 4.79 Å². The molecule has 0 bridgehead atoms. The van der Waals surface area contributed by atoms with Crippen molar-refractivity contribution in [2.45, 2.75) is 18.4 Å². The lowest BCUT2D eigenvalue weighted by atomic mass is 10.3. The lowest BCUT2D eigenvalue weighted by Crippen LogP contribution is -2.12. The molecule has 2 rings (SSSR count). The molecular formula is C8H8ClN3OS. The topological polar surface area (TPSA) is 54.9 Å². The van der Waals surface area contributed by atoms with Crippen molar-refractivity contribution in [3.8, 4) is 0 Å². The Morgan fingerprint density at radius 3 is 3.07 bits per heavy atom. The molecule has 1 aromatic rings. The molecular weight excluding hydrogens is 222 g/mol. The van der Waals surface area contributed by atoms with Gasteiger partial charge in [0.1, 0.15) is 5.03 Å². The first-order chi connectivity index (χ1) is 6.66. The van der Waals surface area contributed by atoms with Crippen LogP contribution in [-0.4, -0.2) is 21.6 Å². The van der Waals surface area contributed by atoms with Gasteiger partial charge in [-0.25, -0.2) is 9.97 Å². The lowest BCUT2D eigenvalue weighted by Gasteiger charge is -2.07. The van der Waals surface area contributed by atoms with E-state index in [9.17, 15) is 4.79 Å². The van der Waals surface area contributed by atoms with Crippen LogP contribution in [0.15, 0.2) is 5.03 Å². The number of carbonyl (C=O) groups excluding carboxylic acids is 1. The van der Waals surface area contributed by atoms with Gasteiger partial charge in [-0.15, -0.1) is 11.8 Å². The number of hydrogen-bond acceptors (Lipinski definition) is 4. The van der Waals surface area contributed by atoms with E-state index in [1.165, 1.54) is 11.8 Å². The molecule has 4 nitrogen and oxygen atoms in total. The molecule has 0 fully saturated rings. The Labute approximate surface area is 90.5 Å². The molecule has 2 heterocycles. The first kappa shape index (κ1) is 9.73. The van der Waals surface area contributed by atoms with Crippen molar-refractivity contribution in [3.63, 3.8) is 0 Å². The zero-order valence-electron chi connectivity index (χ0n) is 7.50. The number of hydrogen-bond donors (Lipinski definition) is 1. The van der Waals surface area contributed by atoms with Gasteiger partial charge in [0.2, 0.25) is 11.2 Å². The lowest BCUT2D eigenvalue weighted by molar-refractivity contribution is -0.115. The zero-order chi connectivity index (χ0) is 10.1. The minimum atomic E-state index is 0.00488. The van der Waals surface area contributed by atoms with Gasteiger partial charge in [-0.3, -0.25) is 4.79 Å². The highest BCUT2D eigenvalue weighted by Crippen LogP contribution is 2.31. The van der Waals surface area contributed by atoms with Crippen LogP contribution in [0.5, 0.6) is 0 Å². The average Bonchev–Trinajstić information content (AvgIpc) is 2.27. The van der Waals surface area contributed by atoms with Crippen molar-refractivity contribution in [2.24, 2.45) is 0 Å². The molecule has 1 N–H and O–H groups in total. The Hall–Kier alpha value is -0.810. The molecule has 1 amide bonds. The van der Waals surface area contributed by atoms with Gasteiger partial charge in [-0.2, -0.15) is 0 Å². The molecule has 74 valence electrons. The van der Waals surface area contributed by atoms with E-state index < -0.39 is 0 Å². The van der Waals surface area contributed by atoms with Gasteiger partial charge >= 0.3 is 0 Å². The summed E-state index contributed by atoms with van der Waals surface area (Å²) in [5.41, 5.74) is 1.41. The van der Waals surface area contributed by atoms with E-state index in [4.69, 9.17) is 11.6 Å². The van der Waals surface area contributed by atoms with Crippen LogP contribution in [0.1, 0.15) is 12.1 Å². The number of halogens is 1. The molecule has 0 saturated heterocycles. The number of fused-ring (bicyclic) bond motifs is 1. The predicted octanol–water partition coefficient (Wildman–Crippen LogP) is 1.87. The summed E-state index contributed by atoms with van der Waals surface area (Å²) in [4.78, 5) is 19.3. The summed E-state index contributed by atoms with van der Waals surface area (Å²) >= 11 is 7.25. The van der Waals surface area contributed by atoms with Crippen molar-refractivity contribution in [2.75, 3.05) is 11.1 Å². The first-order valence-corrected chi connectivity index (χ1v) is 5.50. The smallest absolute Gasteiger partial charge is 0.225 e. The molecule has 1 aromatic heterocycles. The van der Waals surface area contributed by atoms with E-state index in [2.05, 4.69) is 15.3 Å². The molecule has 0 unspecified atom stereocenters. The molecule has 0 aliphatic carbocycles. The Morgan fingerprint density at radius 2 is 2.29 bits per heavy atom. The maximum Gasteiger partial charge on any atom is 0.225 e. The second-order valence-corrected chi connectivity index (χ2v) is 4.33. The third-order valence-electron chi connectivity index (χ3n) is 1.86. The molecule has 14 heavy (non-hydrogen) atoms. The van der Waals surface area contributed by atoms with E-state index in [1.54, 1.807) is 6.92 Å². The molecule has 1 aliphatic rings. The normalized spacial score (nSPS) is 15.7. The number of carbonyl (C=O) groups is 1. The standard InChI is InChI=1S/C8H8ClN3OS/c1-4-6-7(12-8(9)10-4)14-3-2-5(13)11-6/h2-3H2,1H3,(H,11,13). The molecule has 0 spiro atoms. The maximum atomic E-state index is 11.3. The number of aromatic nitrogens is 2. The van der Waals surface area contributed by atoms with Crippen LogP contribution >= 0.6 is 23.4 Å².